The highest BCUT2D eigenvalue weighted by Crippen LogP contribution is 2.29. The van der Waals surface area contributed by atoms with E-state index in [9.17, 15) is 18.0 Å². The van der Waals surface area contributed by atoms with Crippen LogP contribution in [-0.2, 0) is 11.0 Å². The minimum atomic E-state index is -4.43. The van der Waals surface area contributed by atoms with Crippen molar-refractivity contribution in [3.8, 4) is 5.69 Å². The number of anilines is 1. The number of nitrogens with one attached hydrogen (secondary N) is 1. The Kier molecular flexibility index (Phi) is 5.21. The number of amides is 1. The minimum Gasteiger partial charge on any atom is -0.323 e. The molecule has 0 unspecified atom stereocenters. The first-order valence-electron chi connectivity index (χ1n) is 7.33. The molecule has 3 aromatic rings. The van der Waals surface area contributed by atoms with Gasteiger partial charge in [0.25, 0.3) is 0 Å². The number of hydrogen-bond donors (Lipinski definition) is 1. The molecule has 0 radical (unpaired) electrons. The van der Waals surface area contributed by atoms with Gasteiger partial charge in [0.2, 0.25) is 5.91 Å². The average Bonchev–Trinajstić information content (AvgIpc) is 3.14. The van der Waals surface area contributed by atoms with Crippen molar-refractivity contribution in [3.63, 3.8) is 0 Å². The number of thioether (sulfide) groups is 1. The largest absolute Gasteiger partial charge is 0.417 e. The molecule has 0 fully saturated rings. The van der Waals surface area contributed by atoms with Crippen molar-refractivity contribution in [1.82, 2.24) is 19.7 Å². The van der Waals surface area contributed by atoms with E-state index < -0.39 is 11.7 Å². The molecule has 0 aliphatic rings. The maximum atomic E-state index is 12.5. The van der Waals surface area contributed by atoms with Crippen LogP contribution in [0.5, 0.6) is 0 Å². The fraction of sp³-hybridized carbons (Fsp3) is 0.125. The molecule has 1 N–H and O–H groups in total. The number of carbonyl (C=O) groups excluding carboxylic acids is 1. The molecular formula is C16H12F3N5OS. The van der Waals surface area contributed by atoms with Gasteiger partial charge in [0, 0.05) is 6.20 Å². The van der Waals surface area contributed by atoms with Crippen LogP contribution in [0.25, 0.3) is 5.69 Å². The van der Waals surface area contributed by atoms with E-state index in [1.807, 2.05) is 0 Å². The third-order valence-corrected chi connectivity index (χ3v) is 4.20. The van der Waals surface area contributed by atoms with E-state index in [-0.39, 0.29) is 11.7 Å². The predicted molar refractivity (Wildman–Crippen MR) is 90.0 cm³/mol. The van der Waals surface area contributed by atoms with Crippen molar-refractivity contribution in [2.75, 3.05) is 11.1 Å². The number of carbonyl (C=O) groups is 1. The highest BCUT2D eigenvalue weighted by molar-refractivity contribution is 7.99. The summed E-state index contributed by atoms with van der Waals surface area (Å²) >= 11 is 1.05. The van der Waals surface area contributed by atoms with E-state index in [0.29, 0.717) is 16.4 Å². The van der Waals surface area contributed by atoms with Gasteiger partial charge in [0.1, 0.15) is 12.7 Å². The van der Waals surface area contributed by atoms with Crippen molar-refractivity contribution >= 4 is 23.4 Å². The Balaban J connectivity index is 1.62. The quantitative estimate of drug-likeness (QED) is 0.688. The molecule has 0 atom stereocenters. The van der Waals surface area contributed by atoms with Gasteiger partial charge in [-0.15, -0.1) is 0 Å². The maximum Gasteiger partial charge on any atom is 0.417 e. The lowest BCUT2D eigenvalue weighted by molar-refractivity contribution is -0.137. The van der Waals surface area contributed by atoms with Crippen LogP contribution in [0.15, 0.2) is 60.3 Å². The highest BCUT2D eigenvalue weighted by atomic mass is 32.2. The van der Waals surface area contributed by atoms with Crippen molar-refractivity contribution in [1.29, 1.82) is 0 Å². The van der Waals surface area contributed by atoms with Crippen molar-refractivity contribution in [2.45, 2.75) is 11.2 Å². The van der Waals surface area contributed by atoms with Crippen molar-refractivity contribution in [2.24, 2.45) is 0 Å². The standard InChI is InChI=1S/C16H12F3N5OS/c17-16(18,19)11-5-6-15(21-7-11)26-8-14(25)23-12-3-1-2-4-13(12)24-10-20-9-22-24/h1-7,9-10H,8H2,(H,23,25). The summed E-state index contributed by atoms with van der Waals surface area (Å²) in [5, 5.41) is 7.10. The summed E-state index contributed by atoms with van der Waals surface area (Å²) in [6, 6.07) is 9.23. The SMILES string of the molecule is O=C(CSc1ccc(C(F)(F)F)cn1)Nc1ccccc1-n1cncn1. The summed E-state index contributed by atoms with van der Waals surface area (Å²) in [5.74, 6) is -0.311. The first kappa shape index (κ1) is 17.9. The number of para-hydroxylation sites is 2. The molecule has 2 aromatic heterocycles. The number of alkyl halides is 3. The van der Waals surface area contributed by atoms with Gasteiger partial charge in [-0.25, -0.2) is 14.6 Å². The van der Waals surface area contributed by atoms with Gasteiger partial charge in [-0.05, 0) is 24.3 Å². The number of pyridine rings is 1. The molecular weight excluding hydrogens is 367 g/mol. The van der Waals surface area contributed by atoms with Gasteiger partial charge >= 0.3 is 6.18 Å². The third kappa shape index (κ3) is 4.39. The third-order valence-electron chi connectivity index (χ3n) is 3.26. The van der Waals surface area contributed by atoms with Crippen molar-refractivity contribution < 1.29 is 18.0 Å². The molecule has 0 bridgehead atoms. The fourth-order valence-corrected chi connectivity index (χ4v) is 2.71. The summed E-state index contributed by atoms with van der Waals surface area (Å²) < 4.78 is 39.0. The summed E-state index contributed by atoms with van der Waals surface area (Å²) in [7, 11) is 0. The Labute approximate surface area is 150 Å². The topological polar surface area (TPSA) is 72.7 Å². The normalized spacial score (nSPS) is 11.3. The zero-order chi connectivity index (χ0) is 18.6. The molecule has 1 aromatic carbocycles. The van der Waals surface area contributed by atoms with E-state index in [2.05, 4.69) is 20.4 Å². The Morgan fingerprint density at radius 1 is 1.19 bits per heavy atom. The van der Waals surface area contributed by atoms with Crippen LogP contribution in [0, 0.1) is 0 Å². The van der Waals surface area contributed by atoms with E-state index in [1.165, 1.54) is 23.4 Å². The molecule has 6 nitrogen and oxygen atoms in total. The molecule has 0 aliphatic carbocycles. The number of aromatic nitrogens is 4. The monoisotopic (exact) mass is 379 g/mol. The van der Waals surface area contributed by atoms with Crippen LogP contribution in [-0.4, -0.2) is 31.4 Å². The lowest BCUT2D eigenvalue weighted by Crippen LogP contribution is -2.16. The Hall–Kier alpha value is -2.88. The first-order chi connectivity index (χ1) is 12.4. The summed E-state index contributed by atoms with van der Waals surface area (Å²) in [4.78, 5) is 19.7. The highest BCUT2D eigenvalue weighted by Gasteiger charge is 2.30. The van der Waals surface area contributed by atoms with Crippen LogP contribution >= 0.6 is 11.8 Å². The Bertz CT molecular complexity index is 882. The second kappa shape index (κ2) is 7.56. The molecule has 26 heavy (non-hydrogen) atoms. The second-order valence-corrected chi connectivity index (χ2v) is 6.07. The molecule has 1 amide bonds. The van der Waals surface area contributed by atoms with Crippen LogP contribution < -0.4 is 5.32 Å². The maximum absolute atomic E-state index is 12.5. The van der Waals surface area contributed by atoms with Gasteiger partial charge in [-0.3, -0.25) is 4.79 Å². The van der Waals surface area contributed by atoms with Crippen LogP contribution in [0.3, 0.4) is 0 Å². The molecule has 134 valence electrons. The van der Waals surface area contributed by atoms with E-state index in [0.717, 1.165) is 24.0 Å². The molecule has 10 heteroatoms. The van der Waals surface area contributed by atoms with Crippen LogP contribution in [0.4, 0.5) is 18.9 Å². The predicted octanol–water partition coefficient (Wildman–Crippen LogP) is 3.41. The number of rotatable bonds is 5. The van der Waals surface area contributed by atoms with Gasteiger partial charge in [-0.2, -0.15) is 18.3 Å². The lowest BCUT2D eigenvalue weighted by atomic mass is 10.2. The first-order valence-corrected chi connectivity index (χ1v) is 8.32. The summed E-state index contributed by atoms with van der Waals surface area (Å²) in [5.41, 5.74) is 0.369. The number of hydrogen-bond acceptors (Lipinski definition) is 5. The zero-order valence-corrected chi connectivity index (χ0v) is 14.0. The van der Waals surface area contributed by atoms with E-state index in [4.69, 9.17) is 0 Å². The molecule has 0 spiro atoms. The second-order valence-electron chi connectivity index (χ2n) is 5.08. The number of halogens is 3. The summed E-state index contributed by atoms with van der Waals surface area (Å²) in [6.45, 7) is 0. The van der Waals surface area contributed by atoms with Crippen LogP contribution in [0.1, 0.15) is 5.56 Å². The Morgan fingerprint density at radius 2 is 2.00 bits per heavy atom. The molecule has 0 saturated carbocycles. The lowest BCUT2D eigenvalue weighted by Gasteiger charge is -2.10. The molecule has 0 aliphatic heterocycles. The molecule has 2 heterocycles. The van der Waals surface area contributed by atoms with Crippen LogP contribution in [0.2, 0.25) is 0 Å². The average molecular weight is 379 g/mol. The fourth-order valence-electron chi connectivity index (χ4n) is 2.07. The van der Waals surface area contributed by atoms with Crippen molar-refractivity contribution in [3.05, 3.63) is 60.8 Å². The Morgan fingerprint density at radius 3 is 2.65 bits per heavy atom. The van der Waals surface area contributed by atoms with Gasteiger partial charge in [0.15, 0.2) is 0 Å². The number of benzene rings is 1. The van der Waals surface area contributed by atoms with E-state index >= 15 is 0 Å². The number of nitrogens with zero attached hydrogens (tertiary/aromatic N) is 4. The molecule has 3 rings (SSSR count). The zero-order valence-electron chi connectivity index (χ0n) is 13.1. The molecule has 0 saturated heterocycles. The van der Waals surface area contributed by atoms with Gasteiger partial charge in [-0.1, -0.05) is 23.9 Å². The van der Waals surface area contributed by atoms with Gasteiger partial charge < -0.3 is 5.32 Å². The summed E-state index contributed by atoms with van der Waals surface area (Å²) in [6.07, 6.45) is -0.796. The smallest absolute Gasteiger partial charge is 0.323 e. The minimum absolute atomic E-state index is 0.00402. The van der Waals surface area contributed by atoms with Gasteiger partial charge in [0.05, 0.1) is 27.7 Å². The van der Waals surface area contributed by atoms with E-state index in [1.54, 1.807) is 24.3 Å².